The van der Waals surface area contributed by atoms with Crippen molar-refractivity contribution < 1.29 is 9.94 Å². The van der Waals surface area contributed by atoms with Gasteiger partial charge in [0.2, 0.25) is 0 Å². The first-order chi connectivity index (χ1) is 8.79. The molecule has 1 fully saturated rings. The van der Waals surface area contributed by atoms with Gasteiger partial charge in [0.1, 0.15) is 11.8 Å². The van der Waals surface area contributed by atoms with Crippen LogP contribution < -0.4 is 10.5 Å². The van der Waals surface area contributed by atoms with E-state index in [2.05, 4.69) is 15.1 Å². The van der Waals surface area contributed by atoms with Crippen molar-refractivity contribution in [2.24, 2.45) is 10.9 Å². The second-order valence-electron chi connectivity index (χ2n) is 4.44. The van der Waals surface area contributed by atoms with E-state index in [-0.39, 0.29) is 11.9 Å². The fraction of sp³-hybridized carbons (Fsp3) is 0.583. The van der Waals surface area contributed by atoms with Crippen LogP contribution >= 0.6 is 0 Å². The van der Waals surface area contributed by atoms with Crippen molar-refractivity contribution in [2.75, 3.05) is 0 Å². The van der Waals surface area contributed by atoms with E-state index in [1.807, 2.05) is 0 Å². The van der Waals surface area contributed by atoms with Gasteiger partial charge in [-0.05, 0) is 31.7 Å². The van der Waals surface area contributed by atoms with E-state index in [1.54, 1.807) is 12.3 Å². The van der Waals surface area contributed by atoms with Crippen molar-refractivity contribution >= 4 is 5.84 Å². The molecule has 2 rings (SSSR count). The lowest BCUT2D eigenvalue weighted by molar-refractivity contribution is 0.168. The second-order valence-corrected chi connectivity index (χ2v) is 4.44. The first kappa shape index (κ1) is 12.6. The van der Waals surface area contributed by atoms with Crippen molar-refractivity contribution in [3.8, 4) is 6.01 Å². The summed E-state index contributed by atoms with van der Waals surface area (Å²) >= 11 is 0. The van der Waals surface area contributed by atoms with Gasteiger partial charge in [0.15, 0.2) is 5.84 Å². The molecule has 0 radical (unpaired) electrons. The van der Waals surface area contributed by atoms with Gasteiger partial charge in [-0.15, -0.1) is 0 Å². The van der Waals surface area contributed by atoms with E-state index in [0.29, 0.717) is 11.7 Å². The van der Waals surface area contributed by atoms with Crippen LogP contribution in [0.1, 0.15) is 44.2 Å². The highest BCUT2D eigenvalue weighted by Crippen LogP contribution is 2.20. The number of amidine groups is 1. The summed E-state index contributed by atoms with van der Waals surface area (Å²) in [4.78, 5) is 8.17. The molecular weight excluding hydrogens is 232 g/mol. The van der Waals surface area contributed by atoms with E-state index in [0.717, 1.165) is 12.8 Å². The van der Waals surface area contributed by atoms with Gasteiger partial charge < -0.3 is 15.7 Å². The van der Waals surface area contributed by atoms with Crippen molar-refractivity contribution in [3.05, 3.63) is 18.0 Å². The molecule has 0 amide bonds. The van der Waals surface area contributed by atoms with E-state index in [1.165, 1.54) is 25.7 Å². The van der Waals surface area contributed by atoms with Crippen LogP contribution in [0.4, 0.5) is 0 Å². The fourth-order valence-electron chi connectivity index (χ4n) is 2.10. The molecule has 0 saturated heterocycles. The van der Waals surface area contributed by atoms with E-state index in [4.69, 9.17) is 15.7 Å². The monoisotopic (exact) mass is 250 g/mol. The SMILES string of the molecule is N/C(=N/O)c1ccnc(OC2CCCCCC2)n1. The van der Waals surface area contributed by atoms with Gasteiger partial charge in [0.25, 0.3) is 0 Å². The standard InChI is InChI=1S/C12H18N4O2/c13-11(16-17)10-7-8-14-12(15-10)18-9-5-3-1-2-4-6-9/h7-9,17H,1-6H2,(H2,13,16). The Morgan fingerprint density at radius 1 is 1.33 bits per heavy atom. The second kappa shape index (κ2) is 6.18. The van der Waals surface area contributed by atoms with Gasteiger partial charge in [-0.3, -0.25) is 0 Å². The summed E-state index contributed by atoms with van der Waals surface area (Å²) in [5.74, 6) is -0.0388. The summed E-state index contributed by atoms with van der Waals surface area (Å²) in [6.07, 6.45) is 8.71. The number of aromatic nitrogens is 2. The molecular formula is C12H18N4O2. The number of nitrogens with zero attached hydrogens (tertiary/aromatic N) is 3. The molecule has 0 unspecified atom stereocenters. The molecule has 1 aliphatic carbocycles. The van der Waals surface area contributed by atoms with Gasteiger partial charge in [-0.25, -0.2) is 4.98 Å². The van der Waals surface area contributed by atoms with Crippen LogP contribution in [0.15, 0.2) is 17.4 Å². The molecule has 6 nitrogen and oxygen atoms in total. The Morgan fingerprint density at radius 2 is 2.06 bits per heavy atom. The van der Waals surface area contributed by atoms with Crippen LogP contribution in [0.5, 0.6) is 6.01 Å². The first-order valence-electron chi connectivity index (χ1n) is 6.27. The van der Waals surface area contributed by atoms with Gasteiger partial charge >= 0.3 is 6.01 Å². The Bertz CT molecular complexity index is 414. The number of hydrogen-bond acceptors (Lipinski definition) is 5. The van der Waals surface area contributed by atoms with Gasteiger partial charge in [0.05, 0.1) is 0 Å². The van der Waals surface area contributed by atoms with Gasteiger partial charge in [-0.2, -0.15) is 4.98 Å². The van der Waals surface area contributed by atoms with Crippen LogP contribution in [0.2, 0.25) is 0 Å². The topological polar surface area (TPSA) is 93.6 Å². The Labute approximate surface area is 106 Å². The molecule has 0 aliphatic heterocycles. The Hall–Kier alpha value is -1.85. The number of nitrogens with two attached hydrogens (primary N) is 1. The quantitative estimate of drug-likeness (QED) is 0.280. The summed E-state index contributed by atoms with van der Waals surface area (Å²) in [7, 11) is 0. The largest absolute Gasteiger partial charge is 0.460 e. The minimum absolute atomic E-state index is 0.0388. The third-order valence-electron chi connectivity index (χ3n) is 3.08. The highest BCUT2D eigenvalue weighted by atomic mass is 16.5. The Kier molecular flexibility index (Phi) is 4.33. The van der Waals surface area contributed by atoms with Crippen LogP contribution in [-0.2, 0) is 0 Å². The maximum absolute atomic E-state index is 8.60. The summed E-state index contributed by atoms with van der Waals surface area (Å²) in [5.41, 5.74) is 5.85. The highest BCUT2D eigenvalue weighted by Gasteiger charge is 2.15. The fourth-order valence-corrected chi connectivity index (χ4v) is 2.10. The lowest BCUT2D eigenvalue weighted by atomic mass is 10.2. The molecule has 18 heavy (non-hydrogen) atoms. The van der Waals surface area contributed by atoms with Crippen LogP contribution in [0.3, 0.4) is 0 Å². The van der Waals surface area contributed by atoms with Gasteiger partial charge in [-0.1, -0.05) is 18.0 Å². The summed E-state index contributed by atoms with van der Waals surface area (Å²) in [6, 6.07) is 1.88. The average Bonchev–Trinajstić information content (AvgIpc) is 2.67. The summed E-state index contributed by atoms with van der Waals surface area (Å²) < 4.78 is 5.76. The summed E-state index contributed by atoms with van der Waals surface area (Å²) in [6.45, 7) is 0. The maximum Gasteiger partial charge on any atom is 0.317 e. The zero-order valence-electron chi connectivity index (χ0n) is 10.2. The molecule has 0 bridgehead atoms. The van der Waals surface area contributed by atoms with Crippen LogP contribution in [0, 0.1) is 0 Å². The van der Waals surface area contributed by atoms with Gasteiger partial charge in [0, 0.05) is 6.20 Å². The molecule has 98 valence electrons. The van der Waals surface area contributed by atoms with E-state index < -0.39 is 0 Å². The van der Waals surface area contributed by atoms with Crippen molar-refractivity contribution in [1.29, 1.82) is 0 Å². The zero-order valence-corrected chi connectivity index (χ0v) is 10.2. The average molecular weight is 250 g/mol. The maximum atomic E-state index is 8.60. The number of oxime groups is 1. The molecule has 1 aromatic heterocycles. The molecule has 3 N–H and O–H groups in total. The van der Waals surface area contributed by atoms with Crippen molar-refractivity contribution in [1.82, 2.24) is 9.97 Å². The predicted molar refractivity (Wildman–Crippen MR) is 66.7 cm³/mol. The molecule has 0 aromatic carbocycles. The molecule has 0 spiro atoms. The predicted octanol–water partition coefficient (Wildman–Crippen LogP) is 1.67. The summed E-state index contributed by atoms with van der Waals surface area (Å²) in [5, 5.41) is 11.5. The lowest BCUT2D eigenvalue weighted by Gasteiger charge is -2.15. The van der Waals surface area contributed by atoms with Crippen molar-refractivity contribution in [2.45, 2.75) is 44.6 Å². The molecule has 1 aromatic rings. The Balaban J connectivity index is 2.04. The van der Waals surface area contributed by atoms with E-state index >= 15 is 0 Å². The highest BCUT2D eigenvalue weighted by molar-refractivity contribution is 5.95. The Morgan fingerprint density at radius 3 is 2.72 bits per heavy atom. The number of rotatable bonds is 3. The lowest BCUT2D eigenvalue weighted by Crippen LogP contribution is -2.19. The number of ether oxygens (including phenoxy) is 1. The third-order valence-corrected chi connectivity index (χ3v) is 3.08. The van der Waals surface area contributed by atoms with Crippen LogP contribution in [-0.4, -0.2) is 27.1 Å². The minimum Gasteiger partial charge on any atom is -0.460 e. The molecule has 1 heterocycles. The number of hydrogen-bond donors (Lipinski definition) is 2. The van der Waals surface area contributed by atoms with Crippen molar-refractivity contribution in [3.63, 3.8) is 0 Å². The first-order valence-corrected chi connectivity index (χ1v) is 6.27. The third kappa shape index (κ3) is 3.32. The molecule has 1 aliphatic rings. The molecule has 0 atom stereocenters. The molecule has 6 heteroatoms. The minimum atomic E-state index is -0.0388. The van der Waals surface area contributed by atoms with E-state index in [9.17, 15) is 0 Å². The molecule has 1 saturated carbocycles. The zero-order chi connectivity index (χ0) is 12.8. The van der Waals surface area contributed by atoms with Crippen LogP contribution in [0.25, 0.3) is 0 Å². The normalized spacial score (nSPS) is 18.3. The smallest absolute Gasteiger partial charge is 0.317 e.